The van der Waals surface area contributed by atoms with Gasteiger partial charge in [0.05, 0.1) is 12.3 Å². The van der Waals surface area contributed by atoms with Crippen molar-refractivity contribution in [3.63, 3.8) is 0 Å². The maximum Gasteiger partial charge on any atom is 0.226 e. The molecule has 122 valence electrons. The number of carbonyl (C=O) groups excluding carboxylic acids is 1. The first-order chi connectivity index (χ1) is 11.2. The molecule has 1 aromatic heterocycles. The van der Waals surface area contributed by atoms with E-state index in [4.69, 9.17) is 9.47 Å². The van der Waals surface area contributed by atoms with E-state index < -0.39 is 0 Å². The predicted molar refractivity (Wildman–Crippen MR) is 86.9 cm³/mol. The van der Waals surface area contributed by atoms with E-state index in [2.05, 4.69) is 10.4 Å². The van der Waals surface area contributed by atoms with Gasteiger partial charge in [0.15, 0.2) is 0 Å². The minimum Gasteiger partial charge on any atom is -0.492 e. The summed E-state index contributed by atoms with van der Waals surface area (Å²) >= 11 is 0. The number of hydrogen-bond acceptors (Lipinski definition) is 4. The third-order valence-corrected chi connectivity index (χ3v) is 3.70. The van der Waals surface area contributed by atoms with E-state index in [0.29, 0.717) is 31.0 Å². The van der Waals surface area contributed by atoms with Gasteiger partial charge in [-0.1, -0.05) is 0 Å². The first kappa shape index (κ1) is 15.4. The molecule has 1 N–H and O–H groups in total. The first-order valence-corrected chi connectivity index (χ1v) is 7.89. The number of anilines is 1. The van der Waals surface area contributed by atoms with E-state index >= 15 is 0 Å². The van der Waals surface area contributed by atoms with Crippen LogP contribution in [-0.2, 0) is 17.8 Å². The van der Waals surface area contributed by atoms with Crippen LogP contribution in [0.4, 0.5) is 5.69 Å². The molecule has 23 heavy (non-hydrogen) atoms. The van der Waals surface area contributed by atoms with E-state index in [9.17, 15) is 4.79 Å². The third-order valence-electron chi connectivity index (χ3n) is 3.70. The summed E-state index contributed by atoms with van der Waals surface area (Å²) in [5.41, 5.74) is 1.78. The highest BCUT2D eigenvalue weighted by atomic mass is 16.5. The molecule has 0 saturated heterocycles. The van der Waals surface area contributed by atoms with Crippen molar-refractivity contribution in [3.8, 4) is 11.5 Å². The molecule has 1 atom stereocenters. The van der Waals surface area contributed by atoms with Gasteiger partial charge >= 0.3 is 0 Å². The normalized spacial score (nSPS) is 15.8. The van der Waals surface area contributed by atoms with Gasteiger partial charge in [0, 0.05) is 43.4 Å². The molecule has 2 aromatic rings. The minimum absolute atomic E-state index is 0.0764. The molecule has 1 aromatic carbocycles. The van der Waals surface area contributed by atoms with Crippen molar-refractivity contribution in [3.05, 3.63) is 36.2 Å². The van der Waals surface area contributed by atoms with E-state index in [1.807, 2.05) is 38.2 Å². The monoisotopic (exact) mass is 315 g/mol. The lowest BCUT2D eigenvalue weighted by Gasteiger charge is -2.13. The topological polar surface area (TPSA) is 65.4 Å². The number of fused-ring (bicyclic) bond motifs is 1. The second-order valence-corrected chi connectivity index (χ2v) is 5.59. The molecule has 6 nitrogen and oxygen atoms in total. The summed E-state index contributed by atoms with van der Waals surface area (Å²) in [4.78, 5) is 12.2. The van der Waals surface area contributed by atoms with Crippen LogP contribution in [0.2, 0.25) is 0 Å². The van der Waals surface area contributed by atoms with Crippen LogP contribution in [-0.4, -0.2) is 28.4 Å². The van der Waals surface area contributed by atoms with Crippen molar-refractivity contribution in [2.24, 2.45) is 0 Å². The maximum absolute atomic E-state index is 12.2. The minimum atomic E-state index is -0.0764. The Kier molecular flexibility index (Phi) is 4.50. The molecule has 1 unspecified atom stereocenters. The van der Waals surface area contributed by atoms with Gasteiger partial charge < -0.3 is 14.8 Å². The van der Waals surface area contributed by atoms with Crippen LogP contribution >= 0.6 is 0 Å². The van der Waals surface area contributed by atoms with Gasteiger partial charge in [0.25, 0.3) is 0 Å². The highest BCUT2D eigenvalue weighted by Crippen LogP contribution is 2.38. The fraction of sp³-hybridized carbons (Fsp3) is 0.412. The number of benzene rings is 1. The summed E-state index contributed by atoms with van der Waals surface area (Å²) in [6.45, 7) is 5.05. The molecule has 0 bridgehead atoms. The third kappa shape index (κ3) is 3.64. The molecule has 0 radical (unpaired) electrons. The van der Waals surface area contributed by atoms with Crippen LogP contribution in [0.5, 0.6) is 11.5 Å². The van der Waals surface area contributed by atoms with Gasteiger partial charge in [0.2, 0.25) is 5.91 Å². The second kappa shape index (κ2) is 6.73. The lowest BCUT2D eigenvalue weighted by atomic mass is 10.1. The average Bonchev–Trinajstić information content (AvgIpc) is 3.14. The molecule has 0 spiro atoms. The van der Waals surface area contributed by atoms with Crippen LogP contribution < -0.4 is 14.8 Å². The van der Waals surface area contributed by atoms with E-state index in [0.717, 1.165) is 17.7 Å². The summed E-state index contributed by atoms with van der Waals surface area (Å²) in [7, 11) is 0. The molecule has 3 rings (SSSR count). The Morgan fingerprint density at radius 3 is 3.13 bits per heavy atom. The summed E-state index contributed by atoms with van der Waals surface area (Å²) in [5.74, 6) is 1.44. The van der Waals surface area contributed by atoms with Crippen LogP contribution in [0.3, 0.4) is 0 Å². The smallest absolute Gasteiger partial charge is 0.226 e. The van der Waals surface area contributed by atoms with Crippen LogP contribution in [0.15, 0.2) is 30.6 Å². The average molecular weight is 315 g/mol. The SMILES string of the molecule is CCOc1cc2c(cc1NC(=O)CCn1cccn1)OC(C)C2. The Morgan fingerprint density at radius 1 is 1.52 bits per heavy atom. The maximum atomic E-state index is 12.2. The van der Waals surface area contributed by atoms with Gasteiger partial charge in [-0.25, -0.2) is 0 Å². The molecule has 0 fully saturated rings. The Hall–Kier alpha value is -2.50. The molecule has 0 aliphatic carbocycles. The van der Waals surface area contributed by atoms with E-state index in [-0.39, 0.29) is 12.0 Å². The fourth-order valence-electron chi connectivity index (χ4n) is 2.67. The fourth-order valence-corrected chi connectivity index (χ4v) is 2.67. The Labute approximate surface area is 135 Å². The van der Waals surface area contributed by atoms with Gasteiger partial charge in [-0.2, -0.15) is 5.10 Å². The summed E-state index contributed by atoms with van der Waals surface area (Å²) in [5, 5.41) is 7.01. The van der Waals surface area contributed by atoms with Gasteiger partial charge in [0.1, 0.15) is 17.6 Å². The zero-order valence-corrected chi connectivity index (χ0v) is 13.4. The predicted octanol–water partition coefficient (Wildman–Crippen LogP) is 2.63. The number of amides is 1. The number of nitrogens with zero attached hydrogens (tertiary/aromatic N) is 2. The lowest BCUT2D eigenvalue weighted by Crippen LogP contribution is -2.15. The Morgan fingerprint density at radius 2 is 2.39 bits per heavy atom. The standard InChI is InChI=1S/C17H21N3O3/c1-3-22-16-10-13-9-12(2)23-15(13)11-14(16)19-17(21)5-8-20-7-4-6-18-20/h4,6-7,10-12H,3,5,8-9H2,1-2H3,(H,19,21). The van der Waals surface area contributed by atoms with Crippen molar-refractivity contribution < 1.29 is 14.3 Å². The van der Waals surface area contributed by atoms with Crippen molar-refractivity contribution >= 4 is 11.6 Å². The van der Waals surface area contributed by atoms with E-state index in [1.165, 1.54) is 0 Å². The Bertz CT molecular complexity index is 683. The molecule has 0 saturated carbocycles. The number of aromatic nitrogens is 2. The molecule has 6 heteroatoms. The number of ether oxygens (including phenoxy) is 2. The van der Waals surface area contributed by atoms with Crippen molar-refractivity contribution in [1.29, 1.82) is 0 Å². The molecule has 1 amide bonds. The number of rotatable bonds is 6. The van der Waals surface area contributed by atoms with Gasteiger partial charge in [-0.05, 0) is 26.0 Å². The number of aryl methyl sites for hydroxylation is 1. The number of hydrogen-bond donors (Lipinski definition) is 1. The zero-order chi connectivity index (χ0) is 16.2. The molecular weight excluding hydrogens is 294 g/mol. The molecule has 1 aliphatic rings. The number of carbonyl (C=O) groups is 1. The summed E-state index contributed by atoms with van der Waals surface area (Å²) in [6.07, 6.45) is 4.91. The van der Waals surface area contributed by atoms with Gasteiger partial charge in [-0.3, -0.25) is 9.48 Å². The largest absolute Gasteiger partial charge is 0.492 e. The van der Waals surface area contributed by atoms with Crippen LogP contribution in [0.1, 0.15) is 25.8 Å². The van der Waals surface area contributed by atoms with Crippen LogP contribution in [0.25, 0.3) is 0 Å². The first-order valence-electron chi connectivity index (χ1n) is 7.89. The highest BCUT2D eigenvalue weighted by molar-refractivity contribution is 5.92. The second-order valence-electron chi connectivity index (χ2n) is 5.59. The van der Waals surface area contributed by atoms with Crippen LogP contribution in [0, 0.1) is 0 Å². The Balaban J connectivity index is 1.70. The van der Waals surface area contributed by atoms with Crippen molar-refractivity contribution in [2.75, 3.05) is 11.9 Å². The number of nitrogens with one attached hydrogen (secondary N) is 1. The van der Waals surface area contributed by atoms with E-state index in [1.54, 1.807) is 10.9 Å². The molecular formula is C17H21N3O3. The van der Waals surface area contributed by atoms with Crippen molar-refractivity contribution in [1.82, 2.24) is 9.78 Å². The quantitative estimate of drug-likeness (QED) is 0.890. The van der Waals surface area contributed by atoms with Crippen molar-refractivity contribution in [2.45, 2.75) is 39.3 Å². The van der Waals surface area contributed by atoms with Gasteiger partial charge in [-0.15, -0.1) is 0 Å². The molecule has 2 heterocycles. The summed E-state index contributed by atoms with van der Waals surface area (Å²) in [6, 6.07) is 5.66. The molecule has 1 aliphatic heterocycles. The highest BCUT2D eigenvalue weighted by Gasteiger charge is 2.22. The lowest BCUT2D eigenvalue weighted by molar-refractivity contribution is -0.116. The zero-order valence-electron chi connectivity index (χ0n) is 13.4. The summed E-state index contributed by atoms with van der Waals surface area (Å²) < 4.78 is 13.2.